The third-order valence-corrected chi connectivity index (χ3v) is 2.77. The lowest BCUT2D eigenvalue weighted by Gasteiger charge is -2.29. The molecule has 0 bridgehead atoms. The molecule has 0 spiro atoms. The molecule has 5 nitrogen and oxygen atoms in total. The van der Waals surface area contributed by atoms with E-state index in [0.29, 0.717) is 19.0 Å². The summed E-state index contributed by atoms with van der Waals surface area (Å²) in [5, 5.41) is 10.3. The molecule has 0 amide bonds. The van der Waals surface area contributed by atoms with Crippen LogP contribution in [0.25, 0.3) is 0 Å². The highest BCUT2D eigenvalue weighted by molar-refractivity contribution is 7.80. The first-order chi connectivity index (χ1) is 5.72. The second kappa shape index (κ2) is 4.88. The molecule has 1 fully saturated rings. The van der Waals surface area contributed by atoms with Gasteiger partial charge in [-0.3, -0.25) is 9.08 Å². The zero-order valence-corrected chi connectivity index (χ0v) is 7.92. The highest BCUT2D eigenvalue weighted by atomic mass is 32.2. The molecule has 1 heterocycles. The van der Waals surface area contributed by atoms with E-state index in [2.05, 4.69) is 4.18 Å². The Balaban J connectivity index is 2.21. The summed E-state index contributed by atoms with van der Waals surface area (Å²) < 4.78 is 15.6. The lowest BCUT2D eigenvalue weighted by Crippen LogP contribution is -2.45. The van der Waals surface area contributed by atoms with Crippen LogP contribution in [0.15, 0.2) is 0 Å². The largest absolute Gasteiger partial charge is 0.314 e. The van der Waals surface area contributed by atoms with Gasteiger partial charge in [0.2, 0.25) is 0 Å². The molecule has 6 heteroatoms. The van der Waals surface area contributed by atoms with Crippen LogP contribution in [-0.4, -0.2) is 58.5 Å². The van der Waals surface area contributed by atoms with Gasteiger partial charge < -0.3 is 5.21 Å². The topological polar surface area (TPSA) is 53.0 Å². The first kappa shape index (κ1) is 10.1. The van der Waals surface area contributed by atoms with E-state index >= 15 is 0 Å². The third-order valence-electron chi connectivity index (χ3n) is 1.82. The van der Waals surface area contributed by atoms with Crippen molar-refractivity contribution in [2.45, 2.75) is 0 Å². The van der Waals surface area contributed by atoms with Crippen LogP contribution in [-0.2, 0) is 15.3 Å². The van der Waals surface area contributed by atoms with E-state index in [1.54, 1.807) is 0 Å². The maximum absolute atomic E-state index is 10.9. The van der Waals surface area contributed by atoms with Gasteiger partial charge in [-0.1, -0.05) is 0 Å². The molecule has 1 rings (SSSR count). The Labute approximate surface area is 74.5 Å². The molecule has 0 aromatic heterocycles. The van der Waals surface area contributed by atoms with E-state index in [4.69, 9.17) is 5.21 Å². The normalized spacial score (nSPS) is 24.2. The van der Waals surface area contributed by atoms with Crippen molar-refractivity contribution in [3.05, 3.63) is 0 Å². The Hall–Kier alpha value is -0.0100. The van der Waals surface area contributed by atoms with Crippen LogP contribution < -0.4 is 0 Å². The zero-order valence-electron chi connectivity index (χ0n) is 7.10. The molecule has 1 N–H and O–H groups in total. The average molecular weight is 194 g/mol. The van der Waals surface area contributed by atoms with Crippen molar-refractivity contribution < 1.29 is 13.6 Å². The summed E-state index contributed by atoms with van der Waals surface area (Å²) in [6.07, 6.45) is 0. The molecule has 0 aliphatic carbocycles. The highest BCUT2D eigenvalue weighted by Crippen LogP contribution is 1.99. The van der Waals surface area contributed by atoms with Crippen LogP contribution in [0.5, 0.6) is 0 Å². The minimum atomic E-state index is -1.21. The van der Waals surface area contributed by atoms with Gasteiger partial charge in [0.15, 0.2) is 11.1 Å². The van der Waals surface area contributed by atoms with Crippen LogP contribution >= 0.6 is 0 Å². The molecule has 1 unspecified atom stereocenters. The van der Waals surface area contributed by atoms with Crippen LogP contribution in [0.2, 0.25) is 0 Å². The molecule has 72 valence electrons. The molecule has 0 saturated carbocycles. The van der Waals surface area contributed by atoms with Crippen molar-refractivity contribution in [3.63, 3.8) is 0 Å². The fourth-order valence-corrected chi connectivity index (χ4v) is 1.73. The van der Waals surface area contributed by atoms with Crippen molar-refractivity contribution in [1.82, 2.24) is 9.96 Å². The van der Waals surface area contributed by atoms with Crippen LogP contribution in [0, 0.1) is 0 Å². The summed E-state index contributed by atoms with van der Waals surface area (Å²) in [7, 11) is 1.43. The zero-order chi connectivity index (χ0) is 8.97. The van der Waals surface area contributed by atoms with Gasteiger partial charge in [-0.25, -0.2) is 4.21 Å². The highest BCUT2D eigenvalue weighted by Gasteiger charge is 2.16. The molecule has 12 heavy (non-hydrogen) atoms. The van der Waals surface area contributed by atoms with Gasteiger partial charge in [0.1, 0.15) is 5.88 Å². The maximum Gasteiger partial charge on any atom is 0.169 e. The lowest BCUT2D eigenvalue weighted by atomic mass is 10.4. The predicted molar refractivity (Wildman–Crippen MR) is 45.0 cm³/mol. The van der Waals surface area contributed by atoms with Gasteiger partial charge in [0.25, 0.3) is 0 Å². The SMILES string of the molecule is COS(=O)CN1CCN(O)CC1. The summed E-state index contributed by atoms with van der Waals surface area (Å²) in [5.41, 5.74) is 0. The summed E-state index contributed by atoms with van der Waals surface area (Å²) in [6, 6.07) is 0. The second-order valence-corrected chi connectivity index (χ2v) is 3.87. The van der Waals surface area contributed by atoms with Gasteiger partial charge in [-0.05, 0) is 0 Å². The molecule has 1 saturated heterocycles. The van der Waals surface area contributed by atoms with E-state index in [0.717, 1.165) is 13.1 Å². The quantitative estimate of drug-likeness (QED) is 0.641. The maximum atomic E-state index is 10.9. The number of hydroxylamine groups is 2. The Morgan fingerprint density at radius 2 is 2.00 bits per heavy atom. The van der Waals surface area contributed by atoms with Crippen molar-refractivity contribution >= 4 is 11.1 Å². The number of nitrogens with zero attached hydrogens (tertiary/aromatic N) is 2. The second-order valence-electron chi connectivity index (χ2n) is 2.67. The van der Waals surface area contributed by atoms with Crippen molar-refractivity contribution in [3.8, 4) is 0 Å². The molecule has 1 aliphatic rings. The number of hydrogen-bond acceptors (Lipinski definition) is 5. The Morgan fingerprint density at radius 1 is 1.42 bits per heavy atom. The predicted octanol–water partition coefficient (Wildman–Crippen LogP) is -0.739. The molecule has 1 atom stereocenters. The summed E-state index contributed by atoms with van der Waals surface area (Å²) in [4.78, 5) is 2.01. The van der Waals surface area contributed by atoms with Crippen LogP contribution in [0.1, 0.15) is 0 Å². The number of hydrogen-bond donors (Lipinski definition) is 1. The van der Waals surface area contributed by atoms with E-state index in [1.165, 1.54) is 12.2 Å². The van der Waals surface area contributed by atoms with Gasteiger partial charge >= 0.3 is 0 Å². The minimum absolute atomic E-state index is 0.435. The van der Waals surface area contributed by atoms with E-state index < -0.39 is 11.1 Å². The van der Waals surface area contributed by atoms with Crippen LogP contribution in [0.4, 0.5) is 0 Å². The van der Waals surface area contributed by atoms with Gasteiger partial charge in [0, 0.05) is 26.2 Å². The van der Waals surface area contributed by atoms with Gasteiger partial charge in [-0.2, -0.15) is 5.06 Å². The Kier molecular flexibility index (Phi) is 4.10. The first-order valence-corrected chi connectivity index (χ1v) is 5.06. The van der Waals surface area contributed by atoms with E-state index in [-0.39, 0.29) is 0 Å². The molecule has 0 aromatic rings. The summed E-state index contributed by atoms with van der Waals surface area (Å²) in [6.45, 7) is 2.71. The monoisotopic (exact) mass is 194 g/mol. The van der Waals surface area contributed by atoms with Crippen molar-refractivity contribution in [2.24, 2.45) is 0 Å². The number of piperazine rings is 1. The molecule has 0 aromatic carbocycles. The fourth-order valence-electron chi connectivity index (χ4n) is 1.07. The number of rotatable bonds is 3. The summed E-state index contributed by atoms with van der Waals surface area (Å²) in [5.74, 6) is 0.435. The fraction of sp³-hybridized carbons (Fsp3) is 1.00. The molecule has 1 aliphatic heterocycles. The minimum Gasteiger partial charge on any atom is -0.314 e. The molecular weight excluding hydrogens is 180 g/mol. The van der Waals surface area contributed by atoms with Crippen LogP contribution in [0.3, 0.4) is 0 Å². The van der Waals surface area contributed by atoms with Gasteiger partial charge in [-0.15, -0.1) is 0 Å². The standard InChI is InChI=1S/C6H14N2O3S/c1-11-12(10)6-7-2-4-8(9)5-3-7/h9H,2-6H2,1H3. The van der Waals surface area contributed by atoms with E-state index in [9.17, 15) is 4.21 Å². The smallest absolute Gasteiger partial charge is 0.169 e. The molecule has 0 radical (unpaired) electrons. The lowest BCUT2D eigenvalue weighted by molar-refractivity contribution is -0.115. The molecular formula is C6H14N2O3S. The average Bonchev–Trinajstić information content (AvgIpc) is 2.09. The third kappa shape index (κ3) is 3.16. The Bertz CT molecular complexity index is 159. The summed E-state index contributed by atoms with van der Waals surface area (Å²) >= 11 is -1.21. The van der Waals surface area contributed by atoms with Crippen molar-refractivity contribution in [1.29, 1.82) is 0 Å². The van der Waals surface area contributed by atoms with Crippen molar-refractivity contribution in [2.75, 3.05) is 39.2 Å². The first-order valence-electron chi connectivity index (χ1n) is 3.81. The van der Waals surface area contributed by atoms with E-state index in [1.807, 2.05) is 4.90 Å². The van der Waals surface area contributed by atoms with Gasteiger partial charge in [0.05, 0.1) is 7.11 Å². The Morgan fingerprint density at radius 3 is 2.50 bits per heavy atom.